The van der Waals surface area contributed by atoms with Crippen molar-refractivity contribution in [3.05, 3.63) is 29.8 Å². The molecule has 0 spiro atoms. The van der Waals surface area contributed by atoms with Crippen molar-refractivity contribution >= 4 is 10.2 Å². The third kappa shape index (κ3) is 6.58. The molecule has 0 saturated carbocycles. The molecule has 0 aromatic heterocycles. The molecule has 7 heteroatoms. The fraction of sp³-hybridized carbons (Fsp3) is 0.667. The van der Waals surface area contributed by atoms with E-state index in [2.05, 4.69) is 14.3 Å². The molecule has 2 N–H and O–H groups in total. The van der Waals surface area contributed by atoms with E-state index in [1.54, 1.807) is 0 Å². The monoisotopic (exact) mass is 369 g/mol. The minimum absolute atomic E-state index is 0.0363. The van der Waals surface area contributed by atoms with E-state index in [-0.39, 0.29) is 6.04 Å². The van der Waals surface area contributed by atoms with Crippen LogP contribution >= 0.6 is 0 Å². The number of ether oxygens (including phenoxy) is 1. The van der Waals surface area contributed by atoms with Gasteiger partial charge in [-0.1, -0.05) is 25.5 Å². The van der Waals surface area contributed by atoms with Gasteiger partial charge in [-0.15, -0.1) is 0 Å². The summed E-state index contributed by atoms with van der Waals surface area (Å²) in [5.41, 5.74) is 1.11. The number of likely N-dealkylation sites (tertiary alicyclic amines) is 1. The van der Waals surface area contributed by atoms with Crippen LogP contribution in [0.25, 0.3) is 0 Å². The summed E-state index contributed by atoms with van der Waals surface area (Å²) >= 11 is 0. The molecule has 2 rings (SSSR count). The van der Waals surface area contributed by atoms with Gasteiger partial charge in [0, 0.05) is 19.1 Å². The molecule has 0 bridgehead atoms. The van der Waals surface area contributed by atoms with E-state index in [4.69, 9.17) is 4.74 Å². The largest absolute Gasteiger partial charge is 0.494 e. The first kappa shape index (κ1) is 20.2. The highest BCUT2D eigenvalue weighted by Crippen LogP contribution is 2.26. The van der Waals surface area contributed by atoms with Gasteiger partial charge in [0.1, 0.15) is 5.75 Å². The van der Waals surface area contributed by atoms with Crippen molar-refractivity contribution in [3.8, 4) is 5.75 Å². The maximum absolute atomic E-state index is 12.1. The van der Waals surface area contributed by atoms with Crippen LogP contribution in [0, 0.1) is 0 Å². The van der Waals surface area contributed by atoms with Crippen molar-refractivity contribution < 1.29 is 13.2 Å². The Morgan fingerprint density at radius 1 is 1.08 bits per heavy atom. The van der Waals surface area contributed by atoms with E-state index >= 15 is 0 Å². The Labute approximate surface area is 152 Å². The number of nitrogens with zero attached hydrogens (tertiary/aromatic N) is 1. The van der Waals surface area contributed by atoms with Crippen molar-refractivity contribution in [2.75, 3.05) is 32.8 Å². The fourth-order valence-corrected chi connectivity index (χ4v) is 4.07. The normalized spacial score (nSPS) is 17.4. The molecule has 1 aliphatic heterocycles. The lowest BCUT2D eigenvalue weighted by Crippen LogP contribution is -2.44. The average molecular weight is 370 g/mol. The molecular formula is C18H31N3O3S. The van der Waals surface area contributed by atoms with Crippen molar-refractivity contribution in [1.29, 1.82) is 0 Å². The standard InChI is InChI=1S/C18H31N3O3S/c1-3-12-19-25(22,23)20-15-18(21-13-6-5-7-14-21)16-8-10-17(11-9-16)24-4-2/h8-11,18-20H,3-7,12-15H2,1-2H3. The van der Waals surface area contributed by atoms with Gasteiger partial charge in [-0.25, -0.2) is 9.44 Å². The average Bonchev–Trinajstić information content (AvgIpc) is 2.63. The number of hydrogen-bond acceptors (Lipinski definition) is 4. The number of nitrogens with one attached hydrogen (secondary N) is 2. The van der Waals surface area contributed by atoms with Gasteiger partial charge in [-0.3, -0.25) is 4.90 Å². The number of rotatable bonds is 10. The van der Waals surface area contributed by atoms with Crippen molar-refractivity contribution in [1.82, 2.24) is 14.3 Å². The van der Waals surface area contributed by atoms with Gasteiger partial charge >= 0.3 is 0 Å². The summed E-state index contributed by atoms with van der Waals surface area (Å²) in [6, 6.07) is 8.03. The maximum atomic E-state index is 12.1. The van der Waals surface area contributed by atoms with Crippen molar-refractivity contribution in [3.63, 3.8) is 0 Å². The van der Waals surface area contributed by atoms with E-state index in [0.29, 0.717) is 19.7 Å². The molecule has 1 aromatic rings. The first-order chi connectivity index (χ1) is 12.1. The van der Waals surface area contributed by atoms with Gasteiger partial charge < -0.3 is 4.74 Å². The van der Waals surface area contributed by atoms with E-state index in [0.717, 1.165) is 43.7 Å². The lowest BCUT2D eigenvalue weighted by molar-refractivity contribution is 0.164. The lowest BCUT2D eigenvalue weighted by Gasteiger charge is -2.35. The van der Waals surface area contributed by atoms with Crippen LogP contribution in [0.3, 0.4) is 0 Å². The Morgan fingerprint density at radius 2 is 1.76 bits per heavy atom. The van der Waals surface area contributed by atoms with E-state index in [9.17, 15) is 8.42 Å². The van der Waals surface area contributed by atoms with Gasteiger partial charge in [0.2, 0.25) is 0 Å². The highest BCUT2D eigenvalue weighted by Gasteiger charge is 2.24. The zero-order valence-electron chi connectivity index (χ0n) is 15.3. The van der Waals surface area contributed by atoms with Crippen LogP contribution < -0.4 is 14.2 Å². The molecule has 0 amide bonds. The topological polar surface area (TPSA) is 70.7 Å². The Bertz CT molecular complexity index is 598. The summed E-state index contributed by atoms with van der Waals surface area (Å²) in [6.45, 7) is 7.36. The molecular weight excluding hydrogens is 338 g/mol. The molecule has 142 valence electrons. The Kier molecular flexibility index (Phi) is 8.15. The SMILES string of the molecule is CCCNS(=O)(=O)NCC(c1ccc(OCC)cc1)N1CCCCC1. The molecule has 0 radical (unpaired) electrons. The third-order valence-corrected chi connectivity index (χ3v) is 5.55. The Balaban J connectivity index is 2.09. The first-order valence-corrected chi connectivity index (χ1v) is 10.7. The second kappa shape index (κ2) is 10.1. The first-order valence-electron chi connectivity index (χ1n) is 9.26. The number of hydrogen-bond donors (Lipinski definition) is 2. The summed E-state index contributed by atoms with van der Waals surface area (Å²) in [6.07, 6.45) is 4.34. The minimum Gasteiger partial charge on any atom is -0.494 e. The summed E-state index contributed by atoms with van der Waals surface area (Å²) in [4.78, 5) is 2.38. The zero-order chi connectivity index (χ0) is 18.1. The second-order valence-electron chi connectivity index (χ2n) is 6.36. The molecule has 1 heterocycles. The highest BCUT2D eigenvalue weighted by molar-refractivity contribution is 7.87. The smallest absolute Gasteiger partial charge is 0.276 e. The lowest BCUT2D eigenvalue weighted by atomic mass is 10.0. The second-order valence-corrected chi connectivity index (χ2v) is 7.94. The molecule has 0 aliphatic carbocycles. The van der Waals surface area contributed by atoms with Crippen LogP contribution in [0.15, 0.2) is 24.3 Å². The minimum atomic E-state index is -3.45. The zero-order valence-corrected chi connectivity index (χ0v) is 16.1. The van der Waals surface area contributed by atoms with E-state index in [1.807, 2.05) is 38.1 Å². The van der Waals surface area contributed by atoms with Gasteiger partial charge in [0.05, 0.1) is 6.61 Å². The van der Waals surface area contributed by atoms with Crippen molar-refractivity contribution in [2.45, 2.75) is 45.6 Å². The molecule has 25 heavy (non-hydrogen) atoms. The quantitative estimate of drug-likeness (QED) is 0.665. The Hall–Kier alpha value is -1.15. The third-order valence-electron chi connectivity index (χ3n) is 4.42. The van der Waals surface area contributed by atoms with E-state index < -0.39 is 10.2 Å². The predicted octanol–water partition coefficient (Wildman–Crippen LogP) is 2.45. The fourth-order valence-electron chi connectivity index (χ4n) is 3.12. The van der Waals surface area contributed by atoms with Crippen LogP contribution in [-0.4, -0.2) is 46.1 Å². The Morgan fingerprint density at radius 3 is 2.36 bits per heavy atom. The molecule has 1 atom stereocenters. The number of benzene rings is 1. The molecule has 1 unspecified atom stereocenters. The molecule has 6 nitrogen and oxygen atoms in total. The highest BCUT2D eigenvalue weighted by atomic mass is 32.2. The molecule has 1 aliphatic rings. The van der Waals surface area contributed by atoms with Gasteiger partial charge in [-0.05, 0) is 57.0 Å². The molecule has 1 fully saturated rings. The summed E-state index contributed by atoms with van der Waals surface area (Å²) in [7, 11) is -3.45. The maximum Gasteiger partial charge on any atom is 0.276 e. The predicted molar refractivity (Wildman–Crippen MR) is 101 cm³/mol. The van der Waals surface area contributed by atoms with Crippen LogP contribution in [0.5, 0.6) is 5.75 Å². The van der Waals surface area contributed by atoms with Crippen LogP contribution in [0.1, 0.15) is 51.1 Å². The van der Waals surface area contributed by atoms with Gasteiger partial charge in [0.15, 0.2) is 0 Å². The summed E-state index contributed by atoms with van der Waals surface area (Å²) in [5.74, 6) is 0.842. The number of piperidine rings is 1. The molecule has 1 saturated heterocycles. The van der Waals surface area contributed by atoms with Gasteiger partial charge in [-0.2, -0.15) is 8.42 Å². The van der Waals surface area contributed by atoms with Crippen LogP contribution in [-0.2, 0) is 10.2 Å². The van der Waals surface area contributed by atoms with Crippen molar-refractivity contribution in [2.24, 2.45) is 0 Å². The summed E-state index contributed by atoms with van der Waals surface area (Å²) in [5, 5.41) is 0. The summed E-state index contributed by atoms with van der Waals surface area (Å²) < 4.78 is 35.0. The van der Waals surface area contributed by atoms with Crippen LogP contribution in [0.2, 0.25) is 0 Å². The van der Waals surface area contributed by atoms with Gasteiger partial charge in [0.25, 0.3) is 10.2 Å². The van der Waals surface area contributed by atoms with Crippen LogP contribution in [0.4, 0.5) is 0 Å². The molecule has 1 aromatic carbocycles. The van der Waals surface area contributed by atoms with E-state index in [1.165, 1.54) is 6.42 Å².